The zero-order valence-corrected chi connectivity index (χ0v) is 28.3. The van der Waals surface area contributed by atoms with E-state index < -0.39 is 47.7 Å². The molecule has 268 valence electrons. The molecular formula is C39H32FN5O8. The predicted octanol–water partition coefficient (Wildman–Crippen LogP) is 5.73. The SMILES string of the molecule is CCOC(=O)c1ccc2oc(C(=O)C(Cc3ccccc3)NC(=O)Cn3c(-c4ccc(F)cc4)ncc(NC(=O)OCc4ccccc4)c3=O)nc2c1. The van der Waals surface area contributed by atoms with E-state index in [1.807, 2.05) is 6.07 Å². The lowest BCUT2D eigenvalue weighted by atomic mass is 10.0. The van der Waals surface area contributed by atoms with Gasteiger partial charge in [0.05, 0.1) is 18.4 Å². The molecule has 6 rings (SSSR count). The van der Waals surface area contributed by atoms with Gasteiger partial charge in [-0.3, -0.25) is 24.3 Å². The molecule has 0 aliphatic rings. The molecule has 53 heavy (non-hydrogen) atoms. The maximum atomic E-state index is 13.9. The number of nitrogens with one attached hydrogen (secondary N) is 2. The highest BCUT2D eigenvalue weighted by Crippen LogP contribution is 2.21. The van der Waals surface area contributed by atoms with Crippen molar-refractivity contribution in [1.29, 1.82) is 0 Å². The van der Waals surface area contributed by atoms with Gasteiger partial charge in [-0.25, -0.2) is 23.9 Å². The standard InChI is InChI=1S/C39H32FN5O8/c1-2-51-38(49)27-15-18-32-29(20-27)43-36(53-32)34(47)30(19-24-9-5-3-6-10-24)42-33(46)22-45-35(26-13-16-28(40)17-14-26)41-21-31(37(45)48)44-39(50)52-23-25-11-7-4-8-12-25/h3-18,20-21,30H,2,19,22-23H2,1H3,(H,42,46)(H,44,50). The van der Waals surface area contributed by atoms with E-state index in [0.717, 1.165) is 16.3 Å². The number of esters is 1. The van der Waals surface area contributed by atoms with Crippen molar-refractivity contribution in [2.75, 3.05) is 11.9 Å². The van der Waals surface area contributed by atoms with E-state index in [4.69, 9.17) is 13.9 Å². The molecule has 0 spiro atoms. The van der Waals surface area contributed by atoms with Gasteiger partial charge in [-0.1, -0.05) is 60.7 Å². The summed E-state index contributed by atoms with van der Waals surface area (Å²) in [6, 6.07) is 26.1. The summed E-state index contributed by atoms with van der Waals surface area (Å²) in [6.45, 7) is 1.14. The molecule has 0 fully saturated rings. The van der Waals surface area contributed by atoms with Gasteiger partial charge in [-0.15, -0.1) is 0 Å². The van der Waals surface area contributed by atoms with Gasteiger partial charge in [0.1, 0.15) is 42.0 Å². The number of fused-ring (bicyclic) bond motifs is 1. The normalized spacial score (nSPS) is 11.4. The van der Waals surface area contributed by atoms with Gasteiger partial charge in [-0.05, 0) is 60.5 Å². The van der Waals surface area contributed by atoms with Crippen LogP contribution in [0.2, 0.25) is 0 Å². The summed E-state index contributed by atoms with van der Waals surface area (Å²) in [5.41, 5.74) is 1.33. The zero-order chi connectivity index (χ0) is 37.3. The fourth-order valence-electron chi connectivity index (χ4n) is 5.39. The highest BCUT2D eigenvalue weighted by Gasteiger charge is 2.28. The number of aromatic nitrogens is 3. The number of ether oxygens (including phenoxy) is 2. The summed E-state index contributed by atoms with van der Waals surface area (Å²) in [6.07, 6.45) is 0.214. The summed E-state index contributed by atoms with van der Waals surface area (Å²) in [7, 11) is 0. The number of carbonyl (C=O) groups excluding carboxylic acids is 4. The smallest absolute Gasteiger partial charge is 0.412 e. The number of rotatable bonds is 13. The molecule has 13 nitrogen and oxygen atoms in total. The number of hydrogen-bond acceptors (Lipinski definition) is 10. The minimum atomic E-state index is -1.21. The first-order valence-electron chi connectivity index (χ1n) is 16.5. The number of benzene rings is 4. The van der Waals surface area contributed by atoms with E-state index >= 15 is 0 Å². The molecule has 0 aliphatic heterocycles. The Bertz CT molecular complexity index is 2330. The van der Waals surface area contributed by atoms with Crippen LogP contribution in [0.4, 0.5) is 14.9 Å². The highest BCUT2D eigenvalue weighted by atomic mass is 19.1. The minimum absolute atomic E-state index is 0.00403. The van der Waals surface area contributed by atoms with Crippen LogP contribution in [0.25, 0.3) is 22.5 Å². The molecule has 6 aromatic rings. The Morgan fingerprint density at radius 1 is 0.887 bits per heavy atom. The van der Waals surface area contributed by atoms with Crippen LogP contribution in [0.5, 0.6) is 0 Å². The van der Waals surface area contributed by atoms with E-state index in [9.17, 15) is 28.4 Å². The average molecular weight is 718 g/mol. The van der Waals surface area contributed by atoms with Crippen LogP contribution in [0.3, 0.4) is 0 Å². The molecule has 1 atom stereocenters. The highest BCUT2D eigenvalue weighted by molar-refractivity contribution is 6.01. The Hall–Kier alpha value is -6.96. The minimum Gasteiger partial charge on any atom is -0.462 e. The van der Waals surface area contributed by atoms with E-state index in [2.05, 4.69) is 20.6 Å². The number of Topliss-reactive ketones (excluding diaryl/α,β-unsaturated/α-hetero) is 1. The fraction of sp³-hybridized carbons (Fsp3) is 0.154. The molecule has 0 radical (unpaired) electrons. The van der Waals surface area contributed by atoms with E-state index in [1.165, 1.54) is 42.5 Å². The van der Waals surface area contributed by atoms with Crippen LogP contribution in [0.15, 0.2) is 119 Å². The van der Waals surface area contributed by atoms with Crippen molar-refractivity contribution in [2.45, 2.75) is 32.5 Å². The fourth-order valence-corrected chi connectivity index (χ4v) is 5.39. The third kappa shape index (κ3) is 8.86. The molecule has 4 aromatic carbocycles. The van der Waals surface area contributed by atoms with Crippen LogP contribution in [-0.4, -0.2) is 50.9 Å². The second-order valence-corrected chi connectivity index (χ2v) is 11.7. The summed E-state index contributed by atoms with van der Waals surface area (Å²) < 4.78 is 30.8. The van der Waals surface area contributed by atoms with Crippen LogP contribution < -0.4 is 16.2 Å². The van der Waals surface area contributed by atoms with Gasteiger partial charge >= 0.3 is 12.1 Å². The first kappa shape index (κ1) is 35.9. The zero-order valence-electron chi connectivity index (χ0n) is 28.3. The monoisotopic (exact) mass is 717 g/mol. The topological polar surface area (TPSA) is 172 Å². The van der Waals surface area contributed by atoms with E-state index in [-0.39, 0.29) is 53.7 Å². The number of oxazole rings is 1. The lowest BCUT2D eigenvalue weighted by molar-refractivity contribution is -0.122. The van der Waals surface area contributed by atoms with Crippen molar-refractivity contribution in [2.24, 2.45) is 0 Å². The molecule has 1 unspecified atom stereocenters. The molecular weight excluding hydrogens is 685 g/mol. The van der Waals surface area contributed by atoms with Crippen molar-refractivity contribution in [3.63, 3.8) is 0 Å². The molecule has 2 amide bonds. The second-order valence-electron chi connectivity index (χ2n) is 11.7. The number of nitrogens with zero attached hydrogens (tertiary/aromatic N) is 3. The van der Waals surface area contributed by atoms with Gasteiger partial charge in [0, 0.05) is 12.0 Å². The number of ketones is 1. The van der Waals surface area contributed by atoms with E-state index in [0.29, 0.717) is 11.1 Å². The Morgan fingerprint density at radius 3 is 2.28 bits per heavy atom. The number of amides is 2. The summed E-state index contributed by atoms with van der Waals surface area (Å²) in [5, 5.41) is 5.07. The average Bonchev–Trinajstić information content (AvgIpc) is 3.60. The van der Waals surface area contributed by atoms with Gasteiger partial charge < -0.3 is 19.2 Å². The van der Waals surface area contributed by atoms with Gasteiger partial charge in [-0.2, -0.15) is 0 Å². The number of anilines is 1. The molecule has 2 heterocycles. The maximum Gasteiger partial charge on any atom is 0.412 e. The Labute approximate surface area is 301 Å². The number of halogens is 1. The predicted molar refractivity (Wildman–Crippen MR) is 191 cm³/mol. The van der Waals surface area contributed by atoms with Crippen molar-refractivity contribution < 1.29 is 37.5 Å². The Morgan fingerprint density at radius 2 is 1.58 bits per heavy atom. The molecule has 0 aliphatic carbocycles. The molecule has 0 saturated heterocycles. The summed E-state index contributed by atoms with van der Waals surface area (Å²) in [4.78, 5) is 75.0. The third-order valence-corrected chi connectivity index (χ3v) is 7.94. The second kappa shape index (κ2) is 16.4. The van der Waals surface area contributed by atoms with Gasteiger partial charge in [0.25, 0.3) is 11.4 Å². The summed E-state index contributed by atoms with van der Waals surface area (Å²) in [5.74, 6) is -2.84. The Kier molecular flexibility index (Phi) is 11.1. The quantitative estimate of drug-likeness (QED) is 0.111. The number of carbonyl (C=O) groups is 4. The maximum absolute atomic E-state index is 13.9. The number of hydrogen-bond donors (Lipinski definition) is 2. The lowest BCUT2D eigenvalue weighted by Crippen LogP contribution is -2.45. The van der Waals surface area contributed by atoms with Crippen LogP contribution >= 0.6 is 0 Å². The van der Waals surface area contributed by atoms with Crippen LogP contribution in [-0.2, 0) is 33.8 Å². The Balaban J connectivity index is 1.27. The molecule has 2 aromatic heterocycles. The lowest BCUT2D eigenvalue weighted by Gasteiger charge is -2.18. The molecule has 14 heteroatoms. The summed E-state index contributed by atoms with van der Waals surface area (Å²) >= 11 is 0. The van der Waals surface area contributed by atoms with Crippen molar-refractivity contribution in [3.8, 4) is 11.4 Å². The van der Waals surface area contributed by atoms with Crippen molar-refractivity contribution in [1.82, 2.24) is 19.9 Å². The molecule has 0 saturated carbocycles. The molecule has 0 bridgehead atoms. The first-order valence-corrected chi connectivity index (χ1v) is 16.5. The first-order chi connectivity index (χ1) is 25.7. The molecule has 2 N–H and O–H groups in total. The van der Waals surface area contributed by atoms with Crippen LogP contribution in [0, 0.1) is 5.82 Å². The van der Waals surface area contributed by atoms with Crippen molar-refractivity contribution in [3.05, 3.63) is 148 Å². The third-order valence-electron chi connectivity index (χ3n) is 7.94. The largest absolute Gasteiger partial charge is 0.462 e. The van der Waals surface area contributed by atoms with Gasteiger partial charge in [0.2, 0.25) is 11.7 Å². The van der Waals surface area contributed by atoms with Crippen LogP contribution in [0.1, 0.15) is 39.1 Å². The van der Waals surface area contributed by atoms with Gasteiger partial charge in [0.15, 0.2) is 5.58 Å². The van der Waals surface area contributed by atoms with Crippen molar-refractivity contribution >= 4 is 40.5 Å². The van der Waals surface area contributed by atoms with E-state index in [1.54, 1.807) is 61.5 Å².